The molecule has 2 aromatic carbocycles. The van der Waals surface area contributed by atoms with Crippen LogP contribution in [0.5, 0.6) is 0 Å². The van der Waals surface area contributed by atoms with E-state index in [0.29, 0.717) is 27.5 Å². The highest BCUT2D eigenvalue weighted by atomic mass is 35.5. The minimum atomic E-state index is -0.275. The Labute approximate surface area is 149 Å². The van der Waals surface area contributed by atoms with Gasteiger partial charge in [-0.2, -0.15) is 0 Å². The Bertz CT molecular complexity index is 896. The molecule has 1 aromatic heterocycles. The molecule has 25 heavy (non-hydrogen) atoms. The van der Waals surface area contributed by atoms with Gasteiger partial charge in [0.15, 0.2) is 0 Å². The molecule has 0 fully saturated rings. The first-order chi connectivity index (χ1) is 12.1. The summed E-state index contributed by atoms with van der Waals surface area (Å²) in [5.41, 5.74) is 2.10. The molecule has 6 heteroatoms. The third kappa shape index (κ3) is 4.43. The number of pyridine rings is 1. The first-order valence-electron chi connectivity index (χ1n) is 7.50. The van der Waals surface area contributed by atoms with Crippen LogP contribution < -0.4 is 10.6 Å². The average Bonchev–Trinajstić information content (AvgIpc) is 2.63. The molecule has 0 saturated carbocycles. The molecule has 0 radical (unpaired) electrons. The van der Waals surface area contributed by atoms with Crippen LogP contribution in [0.15, 0.2) is 73.1 Å². The highest BCUT2D eigenvalue weighted by molar-refractivity contribution is 6.30. The first-order valence-corrected chi connectivity index (χ1v) is 7.88. The number of carbonyl (C=O) groups excluding carboxylic acids is 2. The molecule has 0 aliphatic carbocycles. The summed E-state index contributed by atoms with van der Waals surface area (Å²) < 4.78 is 0. The van der Waals surface area contributed by atoms with Gasteiger partial charge in [-0.3, -0.25) is 14.6 Å². The smallest absolute Gasteiger partial charge is 0.255 e. The fourth-order valence-corrected chi connectivity index (χ4v) is 2.31. The minimum absolute atomic E-state index is 0.270. The molecule has 0 saturated heterocycles. The van der Waals surface area contributed by atoms with Gasteiger partial charge in [-0.05, 0) is 54.6 Å². The molecule has 2 N–H and O–H groups in total. The van der Waals surface area contributed by atoms with Crippen molar-refractivity contribution in [2.75, 3.05) is 10.6 Å². The lowest BCUT2D eigenvalue weighted by Crippen LogP contribution is -2.14. The van der Waals surface area contributed by atoms with E-state index < -0.39 is 0 Å². The van der Waals surface area contributed by atoms with Crippen molar-refractivity contribution in [1.82, 2.24) is 4.98 Å². The number of hydrogen-bond acceptors (Lipinski definition) is 3. The summed E-state index contributed by atoms with van der Waals surface area (Å²) in [5.74, 6) is -0.544. The fraction of sp³-hybridized carbons (Fsp3) is 0. The average molecular weight is 352 g/mol. The third-order valence-electron chi connectivity index (χ3n) is 3.43. The molecule has 0 spiro atoms. The summed E-state index contributed by atoms with van der Waals surface area (Å²) in [6.07, 6.45) is 3.19. The maximum Gasteiger partial charge on any atom is 0.255 e. The normalized spacial score (nSPS) is 10.1. The van der Waals surface area contributed by atoms with Crippen molar-refractivity contribution < 1.29 is 9.59 Å². The van der Waals surface area contributed by atoms with E-state index in [-0.39, 0.29) is 11.8 Å². The van der Waals surface area contributed by atoms with Crippen LogP contribution in [0.4, 0.5) is 11.4 Å². The third-order valence-corrected chi connectivity index (χ3v) is 3.68. The Morgan fingerprint density at radius 2 is 1.40 bits per heavy atom. The predicted octanol–water partition coefficient (Wildman–Crippen LogP) is 4.24. The minimum Gasteiger partial charge on any atom is -0.322 e. The van der Waals surface area contributed by atoms with Gasteiger partial charge in [0.05, 0.1) is 0 Å². The molecule has 0 aliphatic heterocycles. The molecule has 0 bridgehead atoms. The Morgan fingerprint density at radius 1 is 0.760 bits per heavy atom. The number of aromatic nitrogens is 1. The topological polar surface area (TPSA) is 71.1 Å². The predicted molar refractivity (Wildman–Crippen MR) is 98.0 cm³/mol. The van der Waals surface area contributed by atoms with Crippen molar-refractivity contribution in [3.05, 3.63) is 89.2 Å². The summed E-state index contributed by atoms with van der Waals surface area (Å²) in [5, 5.41) is 6.10. The van der Waals surface area contributed by atoms with Gasteiger partial charge < -0.3 is 10.6 Å². The maximum absolute atomic E-state index is 12.3. The fourth-order valence-electron chi connectivity index (χ4n) is 2.18. The van der Waals surface area contributed by atoms with Gasteiger partial charge in [-0.15, -0.1) is 0 Å². The summed E-state index contributed by atoms with van der Waals surface area (Å²) in [6, 6.07) is 16.7. The molecule has 3 rings (SSSR count). The molecule has 0 unspecified atom stereocenters. The Hall–Kier alpha value is -3.18. The number of anilines is 2. The molecule has 3 aromatic rings. The summed E-state index contributed by atoms with van der Waals surface area (Å²) in [7, 11) is 0. The van der Waals surface area contributed by atoms with Gasteiger partial charge in [0.25, 0.3) is 11.8 Å². The molecule has 5 nitrogen and oxygen atoms in total. The summed E-state index contributed by atoms with van der Waals surface area (Å²) in [4.78, 5) is 28.4. The number of amides is 2. The zero-order chi connectivity index (χ0) is 17.6. The quantitative estimate of drug-likeness (QED) is 0.738. The Morgan fingerprint density at radius 3 is 2.12 bits per heavy atom. The lowest BCUT2D eigenvalue weighted by molar-refractivity contribution is 0.101. The number of nitrogens with zero attached hydrogens (tertiary/aromatic N) is 1. The van der Waals surface area contributed by atoms with Crippen molar-refractivity contribution >= 4 is 34.8 Å². The van der Waals surface area contributed by atoms with Crippen LogP contribution in [0.3, 0.4) is 0 Å². The largest absolute Gasteiger partial charge is 0.322 e. The Kier molecular flexibility index (Phi) is 5.06. The molecule has 0 aliphatic rings. The van der Waals surface area contributed by atoms with Crippen molar-refractivity contribution in [2.45, 2.75) is 0 Å². The number of carbonyl (C=O) groups is 2. The number of halogens is 1. The van der Waals surface area contributed by atoms with E-state index in [1.165, 1.54) is 0 Å². The van der Waals surface area contributed by atoms with Crippen molar-refractivity contribution in [3.63, 3.8) is 0 Å². The van der Waals surface area contributed by atoms with Crippen molar-refractivity contribution in [1.29, 1.82) is 0 Å². The highest BCUT2D eigenvalue weighted by Crippen LogP contribution is 2.15. The van der Waals surface area contributed by atoms with E-state index >= 15 is 0 Å². The van der Waals surface area contributed by atoms with Gasteiger partial charge in [-0.1, -0.05) is 17.7 Å². The molecular formula is C19H14ClN3O2. The van der Waals surface area contributed by atoms with Gasteiger partial charge >= 0.3 is 0 Å². The van der Waals surface area contributed by atoms with Crippen LogP contribution in [-0.4, -0.2) is 16.8 Å². The lowest BCUT2D eigenvalue weighted by Gasteiger charge is -2.08. The monoisotopic (exact) mass is 351 g/mol. The summed E-state index contributed by atoms with van der Waals surface area (Å²) in [6.45, 7) is 0. The molecule has 2 amide bonds. The summed E-state index contributed by atoms with van der Waals surface area (Å²) >= 11 is 5.82. The SMILES string of the molecule is O=C(Nc1cccc(C(=O)Nc2ccncc2)c1)c1ccc(Cl)cc1. The molecule has 0 atom stereocenters. The lowest BCUT2D eigenvalue weighted by atomic mass is 10.1. The van der Waals surface area contributed by atoms with Crippen LogP contribution in [0.2, 0.25) is 5.02 Å². The second kappa shape index (κ2) is 7.59. The van der Waals surface area contributed by atoms with E-state index in [9.17, 15) is 9.59 Å². The van der Waals surface area contributed by atoms with Crippen LogP contribution in [0.1, 0.15) is 20.7 Å². The number of nitrogens with one attached hydrogen (secondary N) is 2. The van der Waals surface area contributed by atoms with Crippen molar-refractivity contribution in [2.24, 2.45) is 0 Å². The zero-order valence-electron chi connectivity index (χ0n) is 13.1. The molecule has 124 valence electrons. The maximum atomic E-state index is 12.3. The molecule has 1 heterocycles. The van der Waals surface area contributed by atoms with Gasteiger partial charge in [0.2, 0.25) is 0 Å². The van der Waals surface area contributed by atoms with E-state index in [4.69, 9.17) is 11.6 Å². The zero-order valence-corrected chi connectivity index (χ0v) is 13.8. The highest BCUT2D eigenvalue weighted by Gasteiger charge is 2.09. The van der Waals surface area contributed by atoms with Gasteiger partial charge in [0, 0.05) is 39.9 Å². The van der Waals surface area contributed by atoms with Crippen LogP contribution >= 0.6 is 11.6 Å². The standard InChI is InChI=1S/C19H14ClN3O2/c20-15-6-4-13(5-7-15)18(24)23-17-3-1-2-14(12-17)19(25)22-16-8-10-21-11-9-16/h1-12H,(H,23,24)(H,21,22,25). The second-order valence-corrected chi connectivity index (χ2v) is 5.67. The van der Waals surface area contributed by atoms with Crippen LogP contribution in [0.25, 0.3) is 0 Å². The van der Waals surface area contributed by atoms with Crippen LogP contribution in [0, 0.1) is 0 Å². The van der Waals surface area contributed by atoms with Crippen molar-refractivity contribution in [3.8, 4) is 0 Å². The number of benzene rings is 2. The first kappa shape index (κ1) is 16.7. The second-order valence-electron chi connectivity index (χ2n) is 5.23. The van der Waals surface area contributed by atoms with Gasteiger partial charge in [0.1, 0.15) is 0 Å². The van der Waals surface area contributed by atoms with E-state index in [1.54, 1.807) is 73.1 Å². The van der Waals surface area contributed by atoms with Crippen LogP contribution in [-0.2, 0) is 0 Å². The Balaban J connectivity index is 1.71. The number of rotatable bonds is 4. The van der Waals surface area contributed by atoms with E-state index in [1.807, 2.05) is 0 Å². The molecular weight excluding hydrogens is 338 g/mol. The van der Waals surface area contributed by atoms with E-state index in [0.717, 1.165) is 0 Å². The number of hydrogen-bond donors (Lipinski definition) is 2. The van der Waals surface area contributed by atoms with Gasteiger partial charge in [-0.25, -0.2) is 0 Å². The van der Waals surface area contributed by atoms with E-state index in [2.05, 4.69) is 15.6 Å².